The second kappa shape index (κ2) is 8.72. The van der Waals surface area contributed by atoms with Crippen LogP contribution in [0.5, 0.6) is 11.5 Å². The lowest BCUT2D eigenvalue weighted by atomic mass is 10.2. The summed E-state index contributed by atoms with van der Waals surface area (Å²) in [7, 11) is 1.52. The summed E-state index contributed by atoms with van der Waals surface area (Å²) in [6.45, 7) is 2.17. The Kier molecular flexibility index (Phi) is 6.39. The summed E-state index contributed by atoms with van der Waals surface area (Å²) in [5.41, 5.74) is 0.701. The van der Waals surface area contributed by atoms with Crippen molar-refractivity contribution in [2.75, 3.05) is 33.5 Å². The van der Waals surface area contributed by atoms with Crippen LogP contribution in [0.1, 0.15) is 12.5 Å². The van der Waals surface area contributed by atoms with Crippen molar-refractivity contribution in [2.24, 2.45) is 0 Å². The second-order valence-corrected chi connectivity index (χ2v) is 4.94. The molecule has 2 amide bonds. The van der Waals surface area contributed by atoms with Gasteiger partial charge in [-0.3, -0.25) is 4.79 Å². The Morgan fingerprint density at radius 3 is 2.76 bits per heavy atom. The highest BCUT2D eigenvalue weighted by Crippen LogP contribution is 2.28. The third kappa shape index (κ3) is 4.97. The molecule has 1 aliphatic heterocycles. The van der Waals surface area contributed by atoms with Crippen molar-refractivity contribution in [1.29, 1.82) is 0 Å². The van der Waals surface area contributed by atoms with Crippen LogP contribution in [0.3, 0.4) is 0 Å². The van der Waals surface area contributed by atoms with Crippen molar-refractivity contribution in [3.8, 4) is 11.5 Å². The van der Waals surface area contributed by atoms with Gasteiger partial charge in [0, 0.05) is 6.08 Å². The summed E-state index contributed by atoms with van der Waals surface area (Å²) in [6.07, 6.45) is 1.98. The van der Waals surface area contributed by atoms with Crippen molar-refractivity contribution < 1.29 is 33.3 Å². The minimum atomic E-state index is -0.724. The van der Waals surface area contributed by atoms with Crippen LogP contribution >= 0.6 is 0 Å². The van der Waals surface area contributed by atoms with E-state index in [-0.39, 0.29) is 13.2 Å². The van der Waals surface area contributed by atoms with Gasteiger partial charge >= 0.3 is 12.1 Å². The average Bonchev–Trinajstić information content (AvgIpc) is 3.05. The maximum Gasteiger partial charge on any atom is 0.416 e. The van der Waals surface area contributed by atoms with E-state index in [1.165, 1.54) is 19.3 Å². The summed E-state index contributed by atoms with van der Waals surface area (Å²) in [5, 5.41) is 0. The number of esters is 1. The molecule has 0 aromatic heterocycles. The van der Waals surface area contributed by atoms with Gasteiger partial charge in [-0.15, -0.1) is 0 Å². The molecular weight excluding hydrogens is 330 g/mol. The molecular formula is C17H19NO7. The zero-order valence-corrected chi connectivity index (χ0v) is 14.0. The van der Waals surface area contributed by atoms with Gasteiger partial charge in [-0.05, 0) is 30.7 Å². The van der Waals surface area contributed by atoms with E-state index in [0.717, 1.165) is 4.90 Å². The molecule has 0 unspecified atom stereocenters. The van der Waals surface area contributed by atoms with Gasteiger partial charge in [-0.2, -0.15) is 0 Å². The monoisotopic (exact) mass is 349 g/mol. The molecule has 1 aliphatic rings. The summed E-state index contributed by atoms with van der Waals surface area (Å²) < 4.78 is 20.1. The molecule has 0 radical (unpaired) electrons. The Balaban J connectivity index is 1.89. The van der Waals surface area contributed by atoms with E-state index in [9.17, 15) is 14.4 Å². The number of cyclic esters (lactones) is 1. The molecule has 1 aromatic rings. The largest absolute Gasteiger partial charge is 0.493 e. The number of hydrogen-bond donors (Lipinski definition) is 0. The van der Waals surface area contributed by atoms with Crippen LogP contribution in [0.25, 0.3) is 6.08 Å². The molecule has 0 atom stereocenters. The number of ether oxygens (including phenoxy) is 4. The van der Waals surface area contributed by atoms with Crippen LogP contribution in [-0.2, 0) is 19.1 Å². The van der Waals surface area contributed by atoms with Crippen molar-refractivity contribution in [1.82, 2.24) is 4.90 Å². The Morgan fingerprint density at radius 2 is 2.12 bits per heavy atom. The zero-order chi connectivity index (χ0) is 18.2. The van der Waals surface area contributed by atoms with Gasteiger partial charge in [0.15, 0.2) is 18.1 Å². The molecule has 1 saturated heterocycles. The predicted octanol–water partition coefficient (Wildman–Crippen LogP) is 1.63. The highest BCUT2D eigenvalue weighted by molar-refractivity contribution is 5.95. The molecule has 2 rings (SSSR count). The van der Waals surface area contributed by atoms with Gasteiger partial charge in [-0.1, -0.05) is 6.07 Å². The van der Waals surface area contributed by atoms with E-state index in [1.807, 2.05) is 6.92 Å². The normalized spacial score (nSPS) is 13.7. The van der Waals surface area contributed by atoms with Crippen LogP contribution in [0, 0.1) is 0 Å². The van der Waals surface area contributed by atoms with E-state index in [4.69, 9.17) is 14.2 Å². The van der Waals surface area contributed by atoms with Gasteiger partial charge in [0.1, 0.15) is 6.61 Å². The molecule has 134 valence electrons. The Bertz CT molecular complexity index is 684. The van der Waals surface area contributed by atoms with Crippen molar-refractivity contribution >= 4 is 24.0 Å². The van der Waals surface area contributed by atoms with E-state index in [1.54, 1.807) is 18.2 Å². The Labute approximate surface area is 144 Å². The van der Waals surface area contributed by atoms with E-state index in [2.05, 4.69) is 4.74 Å². The van der Waals surface area contributed by atoms with E-state index < -0.39 is 24.6 Å². The molecule has 25 heavy (non-hydrogen) atoms. The van der Waals surface area contributed by atoms with Gasteiger partial charge < -0.3 is 18.9 Å². The topological polar surface area (TPSA) is 91.4 Å². The molecule has 0 saturated carbocycles. The number of carbonyl (C=O) groups excluding carboxylic acids is 3. The zero-order valence-electron chi connectivity index (χ0n) is 14.0. The van der Waals surface area contributed by atoms with Crippen LogP contribution in [0.15, 0.2) is 24.3 Å². The van der Waals surface area contributed by atoms with Gasteiger partial charge in [-0.25, -0.2) is 14.5 Å². The number of imide groups is 1. The molecule has 8 nitrogen and oxygen atoms in total. The second-order valence-electron chi connectivity index (χ2n) is 4.94. The van der Waals surface area contributed by atoms with E-state index >= 15 is 0 Å². The summed E-state index contributed by atoms with van der Waals surface area (Å²) in [6, 6.07) is 5.19. The quantitative estimate of drug-likeness (QED) is 0.546. The number of nitrogens with zero attached hydrogens (tertiary/aromatic N) is 1. The van der Waals surface area contributed by atoms with Crippen LogP contribution < -0.4 is 9.47 Å². The first kappa shape index (κ1) is 18.3. The Hall–Kier alpha value is -3.03. The maximum atomic E-state index is 11.7. The lowest BCUT2D eigenvalue weighted by Crippen LogP contribution is -2.35. The molecule has 0 N–H and O–H groups in total. The third-order valence-corrected chi connectivity index (χ3v) is 3.30. The third-order valence-electron chi connectivity index (χ3n) is 3.30. The fourth-order valence-corrected chi connectivity index (χ4v) is 2.11. The van der Waals surface area contributed by atoms with Crippen molar-refractivity contribution in [3.63, 3.8) is 0 Å². The van der Waals surface area contributed by atoms with Gasteiger partial charge in [0.05, 0.1) is 20.3 Å². The minimum Gasteiger partial charge on any atom is -0.493 e. The number of hydrogen-bond acceptors (Lipinski definition) is 7. The molecule has 1 aromatic carbocycles. The molecule has 0 aliphatic carbocycles. The van der Waals surface area contributed by atoms with Gasteiger partial charge in [0.2, 0.25) is 0 Å². The smallest absolute Gasteiger partial charge is 0.416 e. The highest BCUT2D eigenvalue weighted by atomic mass is 16.6. The molecule has 8 heteroatoms. The van der Waals surface area contributed by atoms with E-state index in [0.29, 0.717) is 23.7 Å². The number of carbonyl (C=O) groups is 3. The lowest BCUT2D eigenvalue weighted by Gasteiger charge is -2.10. The predicted molar refractivity (Wildman–Crippen MR) is 87.2 cm³/mol. The average molecular weight is 349 g/mol. The first-order valence-electron chi connectivity index (χ1n) is 7.68. The Morgan fingerprint density at radius 1 is 1.32 bits per heavy atom. The highest BCUT2D eigenvalue weighted by Gasteiger charge is 2.28. The summed E-state index contributed by atoms with van der Waals surface area (Å²) in [5.74, 6) is -0.173. The lowest BCUT2D eigenvalue weighted by molar-refractivity contribution is -0.146. The summed E-state index contributed by atoms with van der Waals surface area (Å²) >= 11 is 0. The SMILES string of the molecule is CCOc1ccc(/C=C/C(=O)OCC(=O)N2CCOC2=O)cc1OC. The maximum absolute atomic E-state index is 11.7. The number of benzene rings is 1. The van der Waals surface area contributed by atoms with Gasteiger partial charge in [0.25, 0.3) is 5.91 Å². The van der Waals surface area contributed by atoms with Crippen molar-refractivity contribution in [2.45, 2.75) is 6.92 Å². The van der Waals surface area contributed by atoms with Crippen LogP contribution in [-0.4, -0.2) is 56.3 Å². The molecule has 1 fully saturated rings. The fourth-order valence-electron chi connectivity index (χ4n) is 2.11. The number of amides is 2. The minimum absolute atomic E-state index is 0.151. The first-order valence-corrected chi connectivity index (χ1v) is 7.68. The first-order chi connectivity index (χ1) is 12.0. The molecule has 1 heterocycles. The van der Waals surface area contributed by atoms with Crippen LogP contribution in [0.4, 0.5) is 4.79 Å². The summed E-state index contributed by atoms with van der Waals surface area (Å²) in [4.78, 5) is 35.5. The number of methoxy groups -OCH3 is 1. The molecule has 0 spiro atoms. The fraction of sp³-hybridized carbons (Fsp3) is 0.353. The van der Waals surface area contributed by atoms with Crippen molar-refractivity contribution in [3.05, 3.63) is 29.8 Å². The number of rotatable bonds is 7. The van der Waals surface area contributed by atoms with Crippen LogP contribution in [0.2, 0.25) is 0 Å². The standard InChI is InChI=1S/C17H19NO7/c1-3-23-13-6-4-12(10-14(13)22-2)5-7-16(20)25-11-15(19)18-8-9-24-17(18)21/h4-7,10H,3,8-9,11H2,1-2H3/b7-5+. The molecule has 0 bridgehead atoms.